The zero-order chi connectivity index (χ0) is 12.1. The molecule has 1 aliphatic carbocycles. The van der Waals surface area contributed by atoms with Crippen LogP contribution in [0.4, 0.5) is 0 Å². The standard InChI is InChI=1S/C13H27NOS/c1-10(2)12-7-5-6-8-13(12)14-9-11(3)16(4)15/h10-14H,5-9H2,1-4H3. The molecule has 0 radical (unpaired) electrons. The van der Waals surface area contributed by atoms with Crippen LogP contribution >= 0.6 is 0 Å². The smallest absolute Gasteiger partial charge is 0.0441 e. The van der Waals surface area contributed by atoms with Crippen molar-refractivity contribution in [2.24, 2.45) is 11.8 Å². The zero-order valence-corrected chi connectivity index (χ0v) is 12.0. The molecule has 1 N–H and O–H groups in total. The van der Waals surface area contributed by atoms with Crippen LogP contribution in [-0.2, 0) is 10.8 Å². The first-order valence-corrected chi connectivity index (χ1v) is 8.20. The Morgan fingerprint density at radius 2 is 1.88 bits per heavy atom. The van der Waals surface area contributed by atoms with E-state index in [4.69, 9.17) is 0 Å². The molecule has 4 atom stereocenters. The van der Waals surface area contributed by atoms with Crippen LogP contribution in [-0.4, -0.2) is 28.3 Å². The third-order valence-electron chi connectivity index (χ3n) is 3.91. The number of hydrogen-bond donors (Lipinski definition) is 1. The van der Waals surface area contributed by atoms with E-state index in [1.807, 2.05) is 0 Å². The second-order valence-electron chi connectivity index (χ2n) is 5.52. The van der Waals surface area contributed by atoms with E-state index in [2.05, 4.69) is 26.1 Å². The second kappa shape index (κ2) is 6.75. The van der Waals surface area contributed by atoms with Gasteiger partial charge < -0.3 is 5.32 Å². The Labute approximate surface area is 103 Å². The van der Waals surface area contributed by atoms with Crippen LogP contribution in [0.3, 0.4) is 0 Å². The Kier molecular flexibility index (Phi) is 5.98. The molecule has 0 amide bonds. The minimum atomic E-state index is -0.699. The summed E-state index contributed by atoms with van der Waals surface area (Å²) < 4.78 is 11.3. The maximum atomic E-state index is 11.3. The molecule has 96 valence electrons. The van der Waals surface area contributed by atoms with Crippen molar-refractivity contribution in [1.82, 2.24) is 5.32 Å². The van der Waals surface area contributed by atoms with Crippen LogP contribution < -0.4 is 5.32 Å². The first-order valence-electron chi connectivity index (χ1n) is 6.58. The molecule has 2 nitrogen and oxygen atoms in total. The first kappa shape index (κ1) is 14.2. The molecular weight excluding hydrogens is 218 g/mol. The van der Waals surface area contributed by atoms with Crippen molar-refractivity contribution >= 4 is 10.8 Å². The molecule has 1 aliphatic rings. The van der Waals surface area contributed by atoms with Gasteiger partial charge in [-0.15, -0.1) is 0 Å². The van der Waals surface area contributed by atoms with Crippen LogP contribution in [0.25, 0.3) is 0 Å². The SMILES string of the molecule is CC(C)C1CCCCC1NCC(C)S(C)=O. The number of nitrogens with one attached hydrogen (secondary N) is 1. The van der Waals surface area contributed by atoms with Crippen molar-refractivity contribution in [1.29, 1.82) is 0 Å². The van der Waals surface area contributed by atoms with Crippen molar-refractivity contribution in [2.75, 3.05) is 12.8 Å². The molecule has 4 unspecified atom stereocenters. The average Bonchev–Trinajstić information content (AvgIpc) is 2.25. The summed E-state index contributed by atoms with van der Waals surface area (Å²) in [6.45, 7) is 7.62. The molecular formula is C13H27NOS. The summed E-state index contributed by atoms with van der Waals surface area (Å²) in [5.74, 6) is 1.58. The predicted molar refractivity (Wildman–Crippen MR) is 72.1 cm³/mol. The van der Waals surface area contributed by atoms with E-state index in [9.17, 15) is 4.21 Å². The van der Waals surface area contributed by atoms with Crippen molar-refractivity contribution in [2.45, 2.75) is 57.7 Å². The highest BCUT2D eigenvalue weighted by atomic mass is 32.2. The summed E-state index contributed by atoms with van der Waals surface area (Å²) in [6, 6.07) is 0.653. The Balaban J connectivity index is 2.41. The Bertz CT molecular complexity index is 230. The Morgan fingerprint density at radius 1 is 1.25 bits per heavy atom. The molecule has 0 aromatic heterocycles. The number of hydrogen-bond acceptors (Lipinski definition) is 2. The van der Waals surface area contributed by atoms with Gasteiger partial charge in [-0.3, -0.25) is 4.21 Å². The van der Waals surface area contributed by atoms with Gasteiger partial charge in [0.25, 0.3) is 0 Å². The minimum Gasteiger partial charge on any atom is -0.313 e. The van der Waals surface area contributed by atoms with Crippen molar-refractivity contribution in [3.63, 3.8) is 0 Å². The molecule has 0 saturated heterocycles. The maximum Gasteiger partial charge on any atom is 0.0441 e. The van der Waals surface area contributed by atoms with E-state index in [0.717, 1.165) is 18.4 Å². The molecule has 1 rings (SSSR count). The maximum absolute atomic E-state index is 11.3. The summed E-state index contributed by atoms with van der Waals surface area (Å²) in [7, 11) is -0.699. The normalized spacial score (nSPS) is 30.3. The molecule has 0 aliphatic heterocycles. The minimum absolute atomic E-state index is 0.273. The monoisotopic (exact) mass is 245 g/mol. The lowest BCUT2D eigenvalue weighted by molar-refractivity contribution is 0.207. The second-order valence-corrected chi connectivity index (χ2v) is 7.32. The van der Waals surface area contributed by atoms with Crippen molar-refractivity contribution in [3.8, 4) is 0 Å². The van der Waals surface area contributed by atoms with Gasteiger partial charge >= 0.3 is 0 Å². The Hall–Kier alpha value is 0.110. The molecule has 0 aromatic rings. The lowest BCUT2D eigenvalue weighted by atomic mass is 9.78. The first-order chi connectivity index (χ1) is 7.52. The zero-order valence-electron chi connectivity index (χ0n) is 11.2. The lowest BCUT2D eigenvalue weighted by Gasteiger charge is -2.35. The van der Waals surface area contributed by atoms with Gasteiger partial charge in [-0.05, 0) is 31.6 Å². The van der Waals surface area contributed by atoms with Crippen molar-refractivity contribution < 1.29 is 4.21 Å². The number of rotatable bonds is 5. The quantitative estimate of drug-likeness (QED) is 0.806. The molecule has 1 fully saturated rings. The largest absolute Gasteiger partial charge is 0.313 e. The van der Waals surface area contributed by atoms with Gasteiger partial charge in [-0.2, -0.15) is 0 Å². The van der Waals surface area contributed by atoms with Gasteiger partial charge in [-0.25, -0.2) is 0 Å². The molecule has 16 heavy (non-hydrogen) atoms. The van der Waals surface area contributed by atoms with Gasteiger partial charge in [-0.1, -0.05) is 26.7 Å². The van der Waals surface area contributed by atoms with E-state index in [-0.39, 0.29) is 5.25 Å². The van der Waals surface area contributed by atoms with Crippen LogP contribution in [0.1, 0.15) is 46.5 Å². The summed E-state index contributed by atoms with van der Waals surface area (Å²) >= 11 is 0. The topological polar surface area (TPSA) is 29.1 Å². The van der Waals surface area contributed by atoms with Gasteiger partial charge in [0.2, 0.25) is 0 Å². The summed E-state index contributed by atoms with van der Waals surface area (Å²) in [5, 5.41) is 3.91. The fourth-order valence-electron chi connectivity index (χ4n) is 2.65. The van der Waals surface area contributed by atoms with E-state index < -0.39 is 10.8 Å². The molecule has 0 bridgehead atoms. The van der Waals surface area contributed by atoms with E-state index in [1.165, 1.54) is 25.7 Å². The third-order valence-corrected chi connectivity index (χ3v) is 5.21. The summed E-state index contributed by atoms with van der Waals surface area (Å²) in [5.41, 5.74) is 0. The average molecular weight is 245 g/mol. The van der Waals surface area contributed by atoms with E-state index >= 15 is 0 Å². The fraction of sp³-hybridized carbons (Fsp3) is 1.00. The van der Waals surface area contributed by atoms with Crippen LogP contribution in [0, 0.1) is 11.8 Å². The third kappa shape index (κ3) is 4.17. The van der Waals surface area contributed by atoms with Gasteiger partial charge in [0.15, 0.2) is 0 Å². The van der Waals surface area contributed by atoms with E-state index in [0.29, 0.717) is 6.04 Å². The van der Waals surface area contributed by atoms with Crippen LogP contribution in [0.15, 0.2) is 0 Å². The predicted octanol–water partition coefficient (Wildman–Crippen LogP) is 2.56. The highest BCUT2D eigenvalue weighted by Crippen LogP contribution is 2.30. The van der Waals surface area contributed by atoms with Gasteiger partial charge in [0.1, 0.15) is 0 Å². The molecule has 3 heteroatoms. The van der Waals surface area contributed by atoms with Gasteiger partial charge in [0, 0.05) is 34.9 Å². The van der Waals surface area contributed by atoms with Gasteiger partial charge in [0.05, 0.1) is 0 Å². The van der Waals surface area contributed by atoms with Crippen LogP contribution in [0.5, 0.6) is 0 Å². The fourth-order valence-corrected chi connectivity index (χ4v) is 2.98. The lowest BCUT2D eigenvalue weighted by Crippen LogP contribution is -2.44. The molecule has 0 spiro atoms. The molecule has 0 heterocycles. The summed E-state index contributed by atoms with van der Waals surface area (Å²) in [4.78, 5) is 0. The van der Waals surface area contributed by atoms with Crippen molar-refractivity contribution in [3.05, 3.63) is 0 Å². The highest BCUT2D eigenvalue weighted by Gasteiger charge is 2.27. The Morgan fingerprint density at radius 3 is 2.44 bits per heavy atom. The molecule has 1 saturated carbocycles. The summed E-state index contributed by atoms with van der Waals surface area (Å²) in [6.07, 6.45) is 7.19. The molecule has 0 aromatic carbocycles. The highest BCUT2D eigenvalue weighted by molar-refractivity contribution is 7.84. The van der Waals surface area contributed by atoms with E-state index in [1.54, 1.807) is 6.26 Å². The van der Waals surface area contributed by atoms with Crippen LogP contribution in [0.2, 0.25) is 0 Å².